The Morgan fingerprint density at radius 2 is 1.94 bits per heavy atom. The Kier molecular flexibility index (Phi) is 5.08. The molecule has 1 rings (SSSR count). The standard InChI is InChI=1S/C12H19NO3/c1-9-6-10(14-2)7-12(15-3)11(9)8-16-5-4-13/h6-7H,4-5,8,13H2,1-3H3. The quantitative estimate of drug-likeness (QED) is 0.745. The Morgan fingerprint density at radius 1 is 1.19 bits per heavy atom. The number of aryl methyl sites for hydroxylation is 1. The van der Waals surface area contributed by atoms with Crippen molar-refractivity contribution in [1.29, 1.82) is 0 Å². The molecule has 0 bridgehead atoms. The van der Waals surface area contributed by atoms with Gasteiger partial charge < -0.3 is 19.9 Å². The zero-order valence-electron chi connectivity index (χ0n) is 10.1. The van der Waals surface area contributed by atoms with Gasteiger partial charge in [0.05, 0.1) is 27.4 Å². The van der Waals surface area contributed by atoms with E-state index in [0.717, 1.165) is 22.6 Å². The highest BCUT2D eigenvalue weighted by Gasteiger charge is 2.09. The molecule has 0 aliphatic rings. The second-order valence-electron chi connectivity index (χ2n) is 3.47. The summed E-state index contributed by atoms with van der Waals surface area (Å²) in [6.45, 7) is 3.59. The maximum absolute atomic E-state index is 5.42. The normalized spacial score (nSPS) is 10.2. The number of benzene rings is 1. The molecular weight excluding hydrogens is 206 g/mol. The fourth-order valence-corrected chi connectivity index (χ4v) is 1.50. The van der Waals surface area contributed by atoms with Gasteiger partial charge in [0.15, 0.2) is 0 Å². The number of methoxy groups -OCH3 is 2. The molecule has 0 amide bonds. The zero-order valence-corrected chi connectivity index (χ0v) is 10.1. The SMILES string of the molecule is COc1cc(C)c(COCCN)c(OC)c1. The fraction of sp³-hybridized carbons (Fsp3) is 0.500. The van der Waals surface area contributed by atoms with E-state index in [2.05, 4.69) is 0 Å². The molecule has 2 N–H and O–H groups in total. The summed E-state index contributed by atoms with van der Waals surface area (Å²) in [5.41, 5.74) is 7.50. The maximum Gasteiger partial charge on any atom is 0.128 e. The molecule has 0 saturated carbocycles. The van der Waals surface area contributed by atoms with Crippen molar-refractivity contribution in [2.24, 2.45) is 5.73 Å². The van der Waals surface area contributed by atoms with Crippen LogP contribution < -0.4 is 15.2 Å². The first kappa shape index (κ1) is 12.8. The molecule has 0 heterocycles. The molecule has 16 heavy (non-hydrogen) atoms. The van der Waals surface area contributed by atoms with Gasteiger partial charge in [0.1, 0.15) is 11.5 Å². The van der Waals surface area contributed by atoms with Crippen LogP contribution in [0.5, 0.6) is 11.5 Å². The summed E-state index contributed by atoms with van der Waals surface area (Å²) in [7, 11) is 3.28. The molecule has 0 aromatic heterocycles. The van der Waals surface area contributed by atoms with Crippen molar-refractivity contribution in [1.82, 2.24) is 0 Å². The van der Waals surface area contributed by atoms with Crippen molar-refractivity contribution in [3.8, 4) is 11.5 Å². The van der Waals surface area contributed by atoms with Crippen LogP contribution in [0.4, 0.5) is 0 Å². The predicted molar refractivity (Wildman–Crippen MR) is 63.0 cm³/mol. The molecule has 1 aromatic rings. The van der Waals surface area contributed by atoms with Crippen LogP contribution in [0.15, 0.2) is 12.1 Å². The molecule has 1 aromatic carbocycles. The van der Waals surface area contributed by atoms with E-state index in [1.165, 1.54) is 0 Å². The number of ether oxygens (including phenoxy) is 3. The number of hydrogen-bond acceptors (Lipinski definition) is 4. The summed E-state index contributed by atoms with van der Waals surface area (Å²) in [5, 5.41) is 0. The molecule has 90 valence electrons. The summed E-state index contributed by atoms with van der Waals surface area (Å²) in [4.78, 5) is 0. The second kappa shape index (κ2) is 6.35. The zero-order chi connectivity index (χ0) is 12.0. The van der Waals surface area contributed by atoms with Gasteiger partial charge in [-0.25, -0.2) is 0 Å². The van der Waals surface area contributed by atoms with E-state index in [0.29, 0.717) is 19.8 Å². The van der Waals surface area contributed by atoms with E-state index in [-0.39, 0.29) is 0 Å². The second-order valence-corrected chi connectivity index (χ2v) is 3.47. The third-order valence-electron chi connectivity index (χ3n) is 2.37. The molecule has 0 aliphatic heterocycles. The Labute approximate surface area is 96.3 Å². The highest BCUT2D eigenvalue weighted by Crippen LogP contribution is 2.28. The summed E-state index contributed by atoms with van der Waals surface area (Å²) >= 11 is 0. The van der Waals surface area contributed by atoms with Gasteiger partial charge in [-0.2, -0.15) is 0 Å². The molecule has 0 aliphatic carbocycles. The van der Waals surface area contributed by atoms with Crippen LogP contribution in [-0.4, -0.2) is 27.4 Å². The molecule has 4 nitrogen and oxygen atoms in total. The van der Waals surface area contributed by atoms with E-state index >= 15 is 0 Å². The van der Waals surface area contributed by atoms with Gasteiger partial charge in [0, 0.05) is 18.2 Å². The summed E-state index contributed by atoms with van der Waals surface area (Å²) in [6.07, 6.45) is 0. The average Bonchev–Trinajstić information content (AvgIpc) is 2.30. The van der Waals surface area contributed by atoms with Crippen LogP contribution in [0, 0.1) is 6.92 Å². The Morgan fingerprint density at radius 3 is 2.50 bits per heavy atom. The van der Waals surface area contributed by atoms with Gasteiger partial charge in [-0.15, -0.1) is 0 Å². The first-order valence-electron chi connectivity index (χ1n) is 5.22. The highest BCUT2D eigenvalue weighted by molar-refractivity contribution is 5.45. The lowest BCUT2D eigenvalue weighted by atomic mass is 10.1. The van der Waals surface area contributed by atoms with E-state index < -0.39 is 0 Å². The lowest BCUT2D eigenvalue weighted by Gasteiger charge is -2.13. The lowest BCUT2D eigenvalue weighted by molar-refractivity contribution is 0.125. The monoisotopic (exact) mass is 225 g/mol. The van der Waals surface area contributed by atoms with E-state index in [1.807, 2.05) is 19.1 Å². The number of hydrogen-bond donors (Lipinski definition) is 1. The highest BCUT2D eigenvalue weighted by atomic mass is 16.5. The third-order valence-corrected chi connectivity index (χ3v) is 2.37. The Hall–Kier alpha value is -1.26. The van der Waals surface area contributed by atoms with Gasteiger partial charge in [-0.05, 0) is 18.6 Å². The van der Waals surface area contributed by atoms with Crippen molar-refractivity contribution < 1.29 is 14.2 Å². The summed E-state index contributed by atoms with van der Waals surface area (Å²) in [6, 6.07) is 3.82. The van der Waals surface area contributed by atoms with Crippen molar-refractivity contribution in [2.45, 2.75) is 13.5 Å². The van der Waals surface area contributed by atoms with Gasteiger partial charge >= 0.3 is 0 Å². The number of nitrogens with two attached hydrogens (primary N) is 1. The van der Waals surface area contributed by atoms with Crippen molar-refractivity contribution in [2.75, 3.05) is 27.4 Å². The van der Waals surface area contributed by atoms with E-state index in [4.69, 9.17) is 19.9 Å². The van der Waals surface area contributed by atoms with Crippen molar-refractivity contribution in [3.05, 3.63) is 23.3 Å². The van der Waals surface area contributed by atoms with Crippen LogP contribution in [0.1, 0.15) is 11.1 Å². The Bertz CT molecular complexity index is 339. The molecule has 0 atom stereocenters. The number of rotatable bonds is 6. The molecule has 0 saturated heterocycles. The van der Waals surface area contributed by atoms with Gasteiger partial charge in [0.2, 0.25) is 0 Å². The van der Waals surface area contributed by atoms with Gasteiger partial charge in [-0.1, -0.05) is 0 Å². The fourth-order valence-electron chi connectivity index (χ4n) is 1.50. The van der Waals surface area contributed by atoms with Crippen LogP contribution in [0.25, 0.3) is 0 Å². The largest absolute Gasteiger partial charge is 0.497 e. The minimum atomic E-state index is 0.510. The van der Waals surface area contributed by atoms with Crippen molar-refractivity contribution in [3.63, 3.8) is 0 Å². The van der Waals surface area contributed by atoms with Crippen LogP contribution >= 0.6 is 0 Å². The first-order valence-corrected chi connectivity index (χ1v) is 5.22. The average molecular weight is 225 g/mol. The Balaban J connectivity index is 2.88. The molecule has 4 heteroatoms. The van der Waals surface area contributed by atoms with Crippen molar-refractivity contribution >= 4 is 0 Å². The van der Waals surface area contributed by atoms with Gasteiger partial charge in [-0.3, -0.25) is 0 Å². The minimum absolute atomic E-state index is 0.510. The summed E-state index contributed by atoms with van der Waals surface area (Å²) < 4.78 is 15.9. The minimum Gasteiger partial charge on any atom is -0.497 e. The molecule has 0 radical (unpaired) electrons. The van der Waals surface area contributed by atoms with Gasteiger partial charge in [0.25, 0.3) is 0 Å². The topological polar surface area (TPSA) is 53.7 Å². The van der Waals surface area contributed by atoms with Crippen LogP contribution in [0.3, 0.4) is 0 Å². The summed E-state index contributed by atoms with van der Waals surface area (Å²) in [5.74, 6) is 1.57. The molecule has 0 spiro atoms. The van der Waals surface area contributed by atoms with E-state index in [9.17, 15) is 0 Å². The molecule has 0 unspecified atom stereocenters. The maximum atomic E-state index is 5.42. The molecule has 0 fully saturated rings. The molecular formula is C12H19NO3. The first-order chi connectivity index (χ1) is 7.72. The lowest BCUT2D eigenvalue weighted by Crippen LogP contribution is -2.09. The van der Waals surface area contributed by atoms with E-state index in [1.54, 1.807) is 14.2 Å². The predicted octanol–water partition coefficient (Wildman–Crippen LogP) is 1.49. The smallest absolute Gasteiger partial charge is 0.128 e. The van der Waals surface area contributed by atoms with Crippen LogP contribution in [-0.2, 0) is 11.3 Å². The third kappa shape index (κ3) is 3.12. The van der Waals surface area contributed by atoms with Crippen LogP contribution in [0.2, 0.25) is 0 Å².